The van der Waals surface area contributed by atoms with E-state index >= 15 is 0 Å². The molecular weight excluding hydrogens is 336 g/mol. The molecule has 0 aliphatic carbocycles. The quantitative estimate of drug-likeness (QED) is 0.589. The van der Waals surface area contributed by atoms with Gasteiger partial charge in [0.1, 0.15) is 39.3 Å². The summed E-state index contributed by atoms with van der Waals surface area (Å²) in [7, 11) is 0. The van der Waals surface area contributed by atoms with Crippen LogP contribution in [-0.2, 0) is 26.1 Å². The number of hydrogen-bond acceptors (Lipinski definition) is 3. The van der Waals surface area contributed by atoms with Gasteiger partial charge in [-0.2, -0.15) is 0 Å². The third kappa shape index (κ3) is 4.99. The topological polar surface area (TPSA) is 52.5 Å². The van der Waals surface area contributed by atoms with E-state index in [1.165, 1.54) is 37.3 Å². The highest BCUT2D eigenvalue weighted by Crippen LogP contribution is 2.02. The molecule has 0 atom stereocenters. The molecule has 1 saturated heterocycles. The summed E-state index contributed by atoms with van der Waals surface area (Å²) in [5, 5.41) is 12.4. The number of aromatic nitrogens is 4. The van der Waals surface area contributed by atoms with Crippen molar-refractivity contribution in [1.82, 2.24) is 20.2 Å². The Balaban J connectivity index is 1.26. The SMILES string of the molecule is c1ccc(CCn2nnnc2C[NH+]2CC[NH+](Cc3ccccc3)CC2)cc1. The number of nitrogens with one attached hydrogen (secondary N) is 2. The highest BCUT2D eigenvalue weighted by atomic mass is 15.5. The Morgan fingerprint density at radius 2 is 1.33 bits per heavy atom. The molecule has 6 heteroatoms. The van der Waals surface area contributed by atoms with Crippen LogP contribution in [-0.4, -0.2) is 46.4 Å². The molecule has 2 heterocycles. The molecular formula is C21H28N6+2. The fourth-order valence-electron chi connectivity index (χ4n) is 3.82. The summed E-state index contributed by atoms with van der Waals surface area (Å²) in [6.07, 6.45) is 0.962. The molecule has 140 valence electrons. The van der Waals surface area contributed by atoms with Crippen LogP contribution in [0.25, 0.3) is 0 Å². The third-order valence-electron chi connectivity index (χ3n) is 5.43. The van der Waals surface area contributed by atoms with E-state index in [0.29, 0.717) is 0 Å². The number of hydrogen-bond donors (Lipinski definition) is 2. The van der Waals surface area contributed by atoms with E-state index in [9.17, 15) is 0 Å². The van der Waals surface area contributed by atoms with Gasteiger partial charge in [0, 0.05) is 12.1 Å². The summed E-state index contributed by atoms with van der Waals surface area (Å²) < 4.78 is 1.98. The molecule has 27 heavy (non-hydrogen) atoms. The molecule has 0 bridgehead atoms. The summed E-state index contributed by atoms with van der Waals surface area (Å²) in [4.78, 5) is 3.26. The molecule has 2 N–H and O–H groups in total. The maximum Gasteiger partial charge on any atom is 0.206 e. The second kappa shape index (κ2) is 8.88. The minimum Gasteiger partial charge on any atom is -0.322 e. The van der Waals surface area contributed by atoms with E-state index in [2.05, 4.69) is 76.2 Å². The largest absolute Gasteiger partial charge is 0.322 e. The summed E-state index contributed by atoms with van der Waals surface area (Å²) >= 11 is 0. The van der Waals surface area contributed by atoms with Gasteiger partial charge >= 0.3 is 0 Å². The first kappa shape index (κ1) is 17.8. The van der Waals surface area contributed by atoms with Gasteiger partial charge in [-0.05, 0) is 22.4 Å². The van der Waals surface area contributed by atoms with Gasteiger partial charge in [0.15, 0.2) is 0 Å². The van der Waals surface area contributed by atoms with Crippen LogP contribution in [0, 0.1) is 0 Å². The van der Waals surface area contributed by atoms with Gasteiger partial charge in [-0.1, -0.05) is 60.7 Å². The van der Waals surface area contributed by atoms with Crippen molar-refractivity contribution in [2.24, 2.45) is 0 Å². The summed E-state index contributed by atoms with van der Waals surface area (Å²) in [5.41, 5.74) is 2.75. The van der Waals surface area contributed by atoms with E-state index in [0.717, 1.165) is 31.9 Å². The van der Waals surface area contributed by atoms with Crippen molar-refractivity contribution in [1.29, 1.82) is 0 Å². The molecule has 0 saturated carbocycles. The van der Waals surface area contributed by atoms with Gasteiger partial charge in [-0.25, -0.2) is 4.68 Å². The minimum absolute atomic E-state index is 0.838. The molecule has 6 nitrogen and oxygen atoms in total. The summed E-state index contributed by atoms with van der Waals surface area (Å²) in [6.45, 7) is 7.64. The Bertz CT molecular complexity index is 809. The van der Waals surface area contributed by atoms with Crippen molar-refractivity contribution in [3.63, 3.8) is 0 Å². The third-order valence-corrected chi connectivity index (χ3v) is 5.43. The zero-order valence-corrected chi connectivity index (χ0v) is 15.7. The number of piperazine rings is 1. The lowest BCUT2D eigenvalue weighted by atomic mass is 10.1. The molecule has 3 aromatic rings. The number of aryl methyl sites for hydroxylation is 2. The van der Waals surface area contributed by atoms with E-state index < -0.39 is 0 Å². The average molecular weight is 364 g/mol. The molecule has 1 aliphatic heterocycles. The fraction of sp³-hybridized carbons (Fsp3) is 0.381. The van der Waals surface area contributed by atoms with Crippen molar-refractivity contribution in [3.05, 3.63) is 77.6 Å². The van der Waals surface area contributed by atoms with Gasteiger partial charge in [-0.15, -0.1) is 5.10 Å². The van der Waals surface area contributed by atoms with Crippen LogP contribution < -0.4 is 9.80 Å². The van der Waals surface area contributed by atoms with Crippen molar-refractivity contribution >= 4 is 0 Å². The van der Waals surface area contributed by atoms with E-state index in [-0.39, 0.29) is 0 Å². The lowest BCUT2D eigenvalue weighted by molar-refractivity contribution is -1.02. The smallest absolute Gasteiger partial charge is 0.206 e. The number of rotatable bonds is 7. The summed E-state index contributed by atoms with van der Waals surface area (Å²) in [6, 6.07) is 21.3. The first-order valence-electron chi connectivity index (χ1n) is 9.87. The Morgan fingerprint density at radius 3 is 2.00 bits per heavy atom. The van der Waals surface area contributed by atoms with Crippen molar-refractivity contribution in [2.75, 3.05) is 26.2 Å². The number of nitrogens with zero attached hydrogens (tertiary/aromatic N) is 4. The Kier molecular flexibility index (Phi) is 5.86. The summed E-state index contributed by atoms with van der Waals surface area (Å²) in [5.74, 6) is 1.01. The molecule has 0 amide bonds. The van der Waals surface area contributed by atoms with Crippen LogP contribution in [0.1, 0.15) is 17.0 Å². The van der Waals surface area contributed by atoms with Gasteiger partial charge in [-0.3, -0.25) is 0 Å². The molecule has 1 aromatic heterocycles. The molecule has 1 aliphatic rings. The monoisotopic (exact) mass is 364 g/mol. The second-order valence-electron chi connectivity index (χ2n) is 7.39. The van der Waals surface area contributed by atoms with Gasteiger partial charge in [0.2, 0.25) is 5.82 Å². The molecule has 0 spiro atoms. The Hall–Kier alpha value is -2.57. The lowest BCUT2D eigenvalue weighted by Crippen LogP contribution is -3.27. The lowest BCUT2D eigenvalue weighted by Gasteiger charge is -2.29. The van der Waals surface area contributed by atoms with Crippen molar-refractivity contribution in [2.45, 2.75) is 26.1 Å². The van der Waals surface area contributed by atoms with Crippen LogP contribution in [0.2, 0.25) is 0 Å². The van der Waals surface area contributed by atoms with Crippen LogP contribution in [0.3, 0.4) is 0 Å². The average Bonchev–Trinajstić information content (AvgIpc) is 3.16. The maximum absolute atomic E-state index is 4.28. The fourth-order valence-corrected chi connectivity index (χ4v) is 3.82. The van der Waals surface area contributed by atoms with Crippen molar-refractivity contribution < 1.29 is 9.80 Å². The predicted molar refractivity (Wildman–Crippen MR) is 103 cm³/mol. The normalized spacial score (nSPS) is 19.9. The highest BCUT2D eigenvalue weighted by molar-refractivity contribution is 5.14. The first-order valence-corrected chi connectivity index (χ1v) is 9.87. The maximum atomic E-state index is 4.28. The standard InChI is InChI=1S/C21H26N6/c1-3-7-19(8-4-1)11-12-27-21(22-23-24-27)18-26-15-13-25(14-16-26)17-20-9-5-2-6-10-20/h1-10H,11-18H2/p+2. The Morgan fingerprint density at radius 1 is 0.741 bits per heavy atom. The van der Waals surface area contributed by atoms with Gasteiger partial charge in [0.25, 0.3) is 0 Å². The molecule has 2 aromatic carbocycles. The van der Waals surface area contributed by atoms with E-state index in [1.807, 2.05) is 4.68 Å². The molecule has 0 unspecified atom stereocenters. The second-order valence-corrected chi connectivity index (χ2v) is 7.39. The number of quaternary nitrogens is 2. The van der Waals surface area contributed by atoms with E-state index in [4.69, 9.17) is 0 Å². The van der Waals surface area contributed by atoms with Crippen LogP contribution in [0.5, 0.6) is 0 Å². The van der Waals surface area contributed by atoms with Gasteiger partial charge in [0.05, 0.1) is 0 Å². The molecule has 1 fully saturated rings. The number of benzene rings is 2. The molecule has 4 rings (SSSR count). The minimum atomic E-state index is 0.838. The zero-order chi connectivity index (χ0) is 18.3. The van der Waals surface area contributed by atoms with Crippen LogP contribution in [0.4, 0.5) is 0 Å². The predicted octanol–water partition coefficient (Wildman–Crippen LogP) is -0.601. The van der Waals surface area contributed by atoms with Crippen molar-refractivity contribution in [3.8, 4) is 0 Å². The van der Waals surface area contributed by atoms with E-state index in [1.54, 1.807) is 9.80 Å². The Labute approximate surface area is 160 Å². The molecule has 0 radical (unpaired) electrons. The highest BCUT2D eigenvalue weighted by Gasteiger charge is 2.24. The first-order chi connectivity index (χ1) is 13.4. The van der Waals surface area contributed by atoms with Crippen LogP contribution >= 0.6 is 0 Å². The number of tetrazole rings is 1. The van der Waals surface area contributed by atoms with Gasteiger partial charge < -0.3 is 9.80 Å². The van der Waals surface area contributed by atoms with Crippen LogP contribution in [0.15, 0.2) is 60.7 Å². The zero-order valence-electron chi connectivity index (χ0n) is 15.7.